The Morgan fingerprint density at radius 1 is 1.20 bits per heavy atom. The number of carbonyl (C=O) groups is 2. The Morgan fingerprint density at radius 2 is 1.84 bits per heavy atom. The third-order valence-electron chi connectivity index (χ3n) is 3.96. The molecule has 0 rings (SSSR count). The summed E-state index contributed by atoms with van der Waals surface area (Å²) in [4.78, 5) is 24.7. The van der Waals surface area contributed by atoms with E-state index in [0.717, 1.165) is 32.2 Å². The van der Waals surface area contributed by atoms with Crippen LogP contribution < -0.4 is 5.32 Å². The molecule has 2 atom stereocenters. The van der Waals surface area contributed by atoms with E-state index < -0.39 is 23.1 Å². The van der Waals surface area contributed by atoms with E-state index in [1.807, 2.05) is 20.0 Å². The molecule has 0 saturated carbocycles. The van der Waals surface area contributed by atoms with Crippen molar-refractivity contribution in [1.29, 1.82) is 0 Å². The molecule has 25 heavy (non-hydrogen) atoms. The molecule has 0 radical (unpaired) electrons. The van der Waals surface area contributed by atoms with Gasteiger partial charge in [-0.25, -0.2) is 4.79 Å². The number of Topliss-reactive ketones (excluding diaryl/α,β-unsaturated/α-hetero) is 1. The normalized spacial score (nSPS) is 15.8. The lowest BCUT2D eigenvalue weighted by atomic mass is 9.80. The molecule has 0 aromatic rings. The first-order valence-corrected chi connectivity index (χ1v) is 9.36. The maximum absolute atomic E-state index is 12.6. The van der Waals surface area contributed by atoms with Crippen LogP contribution in [0.2, 0.25) is 0 Å². The summed E-state index contributed by atoms with van der Waals surface area (Å²) in [7, 11) is 1.93. The number of unbranched alkanes of at least 4 members (excludes halogenated alkanes) is 3. The molecule has 0 amide bonds. The average Bonchev–Trinajstić information content (AvgIpc) is 2.48. The highest BCUT2D eigenvalue weighted by Gasteiger charge is 2.46. The van der Waals surface area contributed by atoms with Gasteiger partial charge in [0.05, 0.1) is 5.92 Å². The molecule has 146 valence electrons. The summed E-state index contributed by atoms with van der Waals surface area (Å²) in [6.45, 7) is 9.53. The molecule has 0 spiro atoms. The number of carbonyl (C=O) groups excluding carboxylic acids is 2. The van der Waals surface area contributed by atoms with Crippen molar-refractivity contribution in [2.75, 3.05) is 13.6 Å². The zero-order chi connectivity index (χ0) is 19.5. The Labute approximate surface area is 153 Å². The number of ketones is 1. The first-order chi connectivity index (χ1) is 11.6. The minimum Gasteiger partial charge on any atom is -0.458 e. The summed E-state index contributed by atoms with van der Waals surface area (Å²) in [6, 6.07) is 0. The Morgan fingerprint density at radius 3 is 2.32 bits per heavy atom. The van der Waals surface area contributed by atoms with E-state index >= 15 is 0 Å². The smallest absolute Gasteiger partial charge is 0.339 e. The van der Waals surface area contributed by atoms with Gasteiger partial charge in [0.15, 0.2) is 5.60 Å². The van der Waals surface area contributed by atoms with Gasteiger partial charge in [-0.3, -0.25) is 4.79 Å². The van der Waals surface area contributed by atoms with Crippen molar-refractivity contribution >= 4 is 11.8 Å². The van der Waals surface area contributed by atoms with Gasteiger partial charge < -0.3 is 15.2 Å². The third-order valence-corrected chi connectivity index (χ3v) is 3.96. The van der Waals surface area contributed by atoms with Gasteiger partial charge >= 0.3 is 5.97 Å². The van der Waals surface area contributed by atoms with Gasteiger partial charge in [-0.15, -0.1) is 0 Å². The van der Waals surface area contributed by atoms with Crippen LogP contribution in [0.25, 0.3) is 0 Å². The molecular formula is C20H37NO4. The second-order valence-corrected chi connectivity index (χ2v) is 7.65. The lowest BCUT2D eigenvalue weighted by molar-refractivity contribution is -0.183. The van der Waals surface area contributed by atoms with E-state index in [0.29, 0.717) is 6.42 Å². The topological polar surface area (TPSA) is 75.6 Å². The van der Waals surface area contributed by atoms with Crippen molar-refractivity contribution in [3.05, 3.63) is 12.2 Å². The quantitative estimate of drug-likeness (QED) is 0.319. The van der Waals surface area contributed by atoms with Gasteiger partial charge in [0.25, 0.3) is 0 Å². The zero-order valence-electron chi connectivity index (χ0n) is 16.9. The van der Waals surface area contributed by atoms with Crippen LogP contribution in [0.3, 0.4) is 0 Å². The van der Waals surface area contributed by atoms with Crippen molar-refractivity contribution in [1.82, 2.24) is 5.32 Å². The van der Waals surface area contributed by atoms with Gasteiger partial charge in [0.1, 0.15) is 11.4 Å². The number of rotatable bonds is 12. The second kappa shape index (κ2) is 11.4. The minimum absolute atomic E-state index is 0.193. The van der Waals surface area contributed by atoms with E-state index in [2.05, 4.69) is 5.32 Å². The summed E-state index contributed by atoms with van der Waals surface area (Å²) in [5.74, 6) is -1.83. The van der Waals surface area contributed by atoms with E-state index in [4.69, 9.17) is 4.74 Å². The van der Waals surface area contributed by atoms with Gasteiger partial charge in [0, 0.05) is 0 Å². The van der Waals surface area contributed by atoms with E-state index in [1.54, 1.807) is 26.8 Å². The van der Waals surface area contributed by atoms with Crippen LogP contribution in [0.5, 0.6) is 0 Å². The van der Waals surface area contributed by atoms with E-state index in [-0.39, 0.29) is 12.2 Å². The molecule has 0 unspecified atom stereocenters. The number of hydrogen-bond donors (Lipinski definition) is 2. The predicted molar refractivity (Wildman–Crippen MR) is 101 cm³/mol. The zero-order valence-corrected chi connectivity index (χ0v) is 16.9. The lowest BCUT2D eigenvalue weighted by Crippen LogP contribution is -2.50. The van der Waals surface area contributed by atoms with Crippen LogP contribution in [-0.2, 0) is 14.3 Å². The largest absolute Gasteiger partial charge is 0.458 e. The van der Waals surface area contributed by atoms with Gasteiger partial charge in [-0.05, 0) is 67.0 Å². The fourth-order valence-corrected chi connectivity index (χ4v) is 2.74. The molecule has 5 heteroatoms. The number of esters is 1. The fraction of sp³-hybridized carbons (Fsp3) is 0.800. The molecule has 0 bridgehead atoms. The SMILES string of the molecule is CCC[C@@](O)(C(=O)OC(C)(C)C)[C@H](/C=C/CCCCCNC)C(C)=O. The number of aliphatic hydroxyl groups is 1. The third kappa shape index (κ3) is 9.17. The average molecular weight is 356 g/mol. The van der Waals surface area contributed by atoms with Gasteiger partial charge in [-0.1, -0.05) is 31.9 Å². The van der Waals surface area contributed by atoms with Crippen LogP contribution in [0, 0.1) is 5.92 Å². The van der Waals surface area contributed by atoms with Crippen LogP contribution >= 0.6 is 0 Å². The number of nitrogens with one attached hydrogen (secondary N) is 1. The lowest BCUT2D eigenvalue weighted by Gasteiger charge is -2.33. The van der Waals surface area contributed by atoms with Crippen molar-refractivity contribution in [3.63, 3.8) is 0 Å². The Bertz CT molecular complexity index is 439. The second-order valence-electron chi connectivity index (χ2n) is 7.65. The number of ether oxygens (including phenoxy) is 1. The maximum Gasteiger partial charge on any atom is 0.339 e. The van der Waals surface area contributed by atoms with Crippen LogP contribution in [0.1, 0.15) is 73.1 Å². The molecule has 0 aromatic heterocycles. The summed E-state index contributed by atoms with van der Waals surface area (Å²) in [5, 5.41) is 14.1. The molecule has 0 aromatic carbocycles. The summed E-state index contributed by atoms with van der Waals surface area (Å²) in [6.07, 6.45) is 8.40. The van der Waals surface area contributed by atoms with E-state index in [1.165, 1.54) is 6.92 Å². The Hall–Kier alpha value is -1.20. The highest BCUT2D eigenvalue weighted by atomic mass is 16.6. The standard InChI is InChI=1S/C20H37NO4/c1-7-14-20(24,18(23)25-19(3,4)5)17(16(2)22)13-11-9-8-10-12-15-21-6/h11,13,17,21,24H,7-10,12,14-15H2,1-6H3/b13-11+/t17-,20+/m1/s1. The fourth-order valence-electron chi connectivity index (χ4n) is 2.74. The molecule has 0 heterocycles. The number of allylic oxidation sites excluding steroid dienone is 1. The first-order valence-electron chi connectivity index (χ1n) is 9.36. The summed E-state index contributed by atoms with van der Waals surface area (Å²) < 4.78 is 5.38. The van der Waals surface area contributed by atoms with E-state index in [9.17, 15) is 14.7 Å². The monoisotopic (exact) mass is 355 g/mol. The Balaban J connectivity index is 5.06. The Kier molecular flexibility index (Phi) is 10.9. The molecule has 0 fully saturated rings. The van der Waals surface area contributed by atoms with Crippen molar-refractivity contribution < 1.29 is 19.4 Å². The van der Waals surface area contributed by atoms with Gasteiger partial charge in [0.2, 0.25) is 0 Å². The van der Waals surface area contributed by atoms with Crippen LogP contribution in [-0.4, -0.2) is 41.7 Å². The maximum atomic E-state index is 12.6. The minimum atomic E-state index is -1.81. The summed E-state index contributed by atoms with van der Waals surface area (Å²) >= 11 is 0. The first kappa shape index (κ1) is 23.8. The molecular weight excluding hydrogens is 318 g/mol. The van der Waals surface area contributed by atoms with Crippen molar-refractivity contribution in [3.8, 4) is 0 Å². The molecule has 0 aliphatic rings. The molecule has 0 saturated heterocycles. The molecule has 5 nitrogen and oxygen atoms in total. The molecule has 0 aliphatic carbocycles. The highest BCUT2D eigenvalue weighted by molar-refractivity contribution is 5.91. The highest BCUT2D eigenvalue weighted by Crippen LogP contribution is 2.29. The number of hydrogen-bond acceptors (Lipinski definition) is 5. The molecule has 0 aliphatic heterocycles. The summed E-state index contributed by atoms with van der Waals surface area (Å²) in [5.41, 5.74) is -2.52. The van der Waals surface area contributed by atoms with Crippen LogP contribution in [0.4, 0.5) is 0 Å². The van der Waals surface area contributed by atoms with Crippen molar-refractivity contribution in [2.45, 2.75) is 84.3 Å². The molecule has 2 N–H and O–H groups in total. The van der Waals surface area contributed by atoms with Gasteiger partial charge in [-0.2, -0.15) is 0 Å². The van der Waals surface area contributed by atoms with Crippen molar-refractivity contribution in [2.24, 2.45) is 5.92 Å². The predicted octanol–water partition coefficient (Wildman–Crippen LogP) is 3.40. The van der Waals surface area contributed by atoms with Crippen LogP contribution in [0.15, 0.2) is 12.2 Å².